The standard InChI is InChI=1S/C34H38N2O4/c1-8-30(27-11-9-10-26(17-27)20(2)3)35-33(37)28-13-14-31-29(18-28)22(5)23(6)36(31)19-25-12-15-32(21(4)16-25)40-24(7)34(38)39/h8-18,20,24,30H,1,19H2,2-7H3,(H,35,37)(H,38,39)/t24-,30+/m1/s1. The summed E-state index contributed by atoms with van der Waals surface area (Å²) in [5.41, 5.74) is 8.09. The molecule has 0 fully saturated rings. The molecule has 6 nitrogen and oxygen atoms in total. The van der Waals surface area contributed by atoms with E-state index in [-0.39, 0.29) is 11.9 Å². The molecule has 0 saturated heterocycles. The first-order chi connectivity index (χ1) is 19.0. The molecule has 208 valence electrons. The van der Waals surface area contributed by atoms with Crippen LogP contribution in [0.2, 0.25) is 0 Å². The summed E-state index contributed by atoms with van der Waals surface area (Å²) in [6.07, 6.45) is 0.851. The van der Waals surface area contributed by atoms with Crippen molar-refractivity contribution in [2.24, 2.45) is 0 Å². The fourth-order valence-corrected chi connectivity index (χ4v) is 4.97. The van der Waals surface area contributed by atoms with Crippen LogP contribution in [-0.4, -0.2) is 27.7 Å². The second kappa shape index (κ2) is 11.8. The molecular formula is C34H38N2O4. The Hall–Kier alpha value is -4.32. The molecule has 6 heteroatoms. The number of ether oxygens (including phenoxy) is 1. The summed E-state index contributed by atoms with van der Waals surface area (Å²) in [5, 5.41) is 13.3. The first-order valence-electron chi connectivity index (χ1n) is 13.6. The van der Waals surface area contributed by atoms with Crippen LogP contribution in [0.15, 0.2) is 73.3 Å². The van der Waals surface area contributed by atoms with Crippen molar-refractivity contribution in [3.05, 3.63) is 112 Å². The van der Waals surface area contributed by atoms with E-state index in [1.54, 1.807) is 6.08 Å². The van der Waals surface area contributed by atoms with Crippen LogP contribution in [-0.2, 0) is 11.3 Å². The Morgan fingerprint density at radius 2 is 1.73 bits per heavy atom. The van der Waals surface area contributed by atoms with E-state index in [1.165, 1.54) is 12.5 Å². The molecule has 0 aliphatic heterocycles. The molecule has 0 aliphatic rings. The highest BCUT2D eigenvalue weighted by Crippen LogP contribution is 2.29. The molecule has 0 aliphatic carbocycles. The van der Waals surface area contributed by atoms with Gasteiger partial charge in [0.05, 0.1) is 6.04 Å². The third-order valence-corrected chi connectivity index (χ3v) is 7.59. The molecular weight excluding hydrogens is 500 g/mol. The van der Waals surface area contributed by atoms with Crippen molar-refractivity contribution in [3.63, 3.8) is 0 Å². The second-order valence-corrected chi connectivity index (χ2v) is 10.7. The van der Waals surface area contributed by atoms with Crippen LogP contribution < -0.4 is 10.1 Å². The number of carbonyl (C=O) groups excluding carboxylic acids is 1. The molecule has 2 N–H and O–H groups in total. The predicted octanol–water partition coefficient (Wildman–Crippen LogP) is 7.25. The quantitative estimate of drug-likeness (QED) is 0.209. The van der Waals surface area contributed by atoms with E-state index in [9.17, 15) is 9.59 Å². The van der Waals surface area contributed by atoms with E-state index in [1.807, 2.05) is 55.5 Å². The molecule has 0 saturated carbocycles. The highest BCUT2D eigenvalue weighted by Gasteiger charge is 2.18. The van der Waals surface area contributed by atoms with E-state index in [2.05, 4.69) is 56.3 Å². The maximum Gasteiger partial charge on any atom is 0.344 e. The summed E-state index contributed by atoms with van der Waals surface area (Å²) >= 11 is 0. The third-order valence-electron chi connectivity index (χ3n) is 7.59. The molecule has 4 aromatic rings. The van der Waals surface area contributed by atoms with Crippen LogP contribution in [0.4, 0.5) is 0 Å². The van der Waals surface area contributed by atoms with Crippen LogP contribution in [0, 0.1) is 20.8 Å². The van der Waals surface area contributed by atoms with Gasteiger partial charge >= 0.3 is 5.97 Å². The topological polar surface area (TPSA) is 80.6 Å². The lowest BCUT2D eigenvalue weighted by atomic mass is 9.97. The van der Waals surface area contributed by atoms with Crippen molar-refractivity contribution < 1.29 is 19.4 Å². The van der Waals surface area contributed by atoms with Crippen molar-refractivity contribution in [2.75, 3.05) is 0 Å². The predicted molar refractivity (Wildman–Crippen MR) is 160 cm³/mol. The third kappa shape index (κ3) is 5.96. The minimum atomic E-state index is -0.998. The number of aliphatic carboxylic acids is 1. The molecule has 0 unspecified atom stereocenters. The van der Waals surface area contributed by atoms with Gasteiger partial charge in [-0.2, -0.15) is 0 Å². The Morgan fingerprint density at radius 3 is 2.38 bits per heavy atom. The van der Waals surface area contributed by atoms with Gasteiger partial charge in [-0.05, 0) is 85.7 Å². The van der Waals surface area contributed by atoms with E-state index in [4.69, 9.17) is 9.84 Å². The van der Waals surface area contributed by atoms with Gasteiger partial charge in [-0.1, -0.05) is 56.3 Å². The van der Waals surface area contributed by atoms with Gasteiger partial charge in [0.15, 0.2) is 6.10 Å². The Labute approximate surface area is 236 Å². The van der Waals surface area contributed by atoms with Crippen molar-refractivity contribution in [1.82, 2.24) is 9.88 Å². The SMILES string of the molecule is C=C[C@H](NC(=O)c1ccc2c(c1)c(C)c(C)n2Cc1ccc(O[C@H](C)C(=O)O)c(C)c1)c1cccc(C(C)C)c1. The van der Waals surface area contributed by atoms with Crippen LogP contribution in [0.25, 0.3) is 10.9 Å². The van der Waals surface area contributed by atoms with Crippen molar-refractivity contribution >= 4 is 22.8 Å². The summed E-state index contributed by atoms with van der Waals surface area (Å²) in [6, 6.07) is 19.6. The zero-order valence-corrected chi connectivity index (χ0v) is 24.1. The zero-order valence-electron chi connectivity index (χ0n) is 24.1. The van der Waals surface area contributed by atoms with E-state index < -0.39 is 12.1 Å². The second-order valence-electron chi connectivity index (χ2n) is 10.7. The number of nitrogens with zero attached hydrogens (tertiary/aromatic N) is 1. The molecule has 3 aromatic carbocycles. The molecule has 0 bridgehead atoms. The van der Waals surface area contributed by atoms with Gasteiger partial charge in [-0.25, -0.2) is 4.79 Å². The number of fused-ring (bicyclic) bond motifs is 1. The first kappa shape index (κ1) is 28.7. The summed E-state index contributed by atoms with van der Waals surface area (Å²) < 4.78 is 7.82. The molecule has 0 spiro atoms. The Morgan fingerprint density at radius 1 is 1.00 bits per heavy atom. The monoisotopic (exact) mass is 538 g/mol. The van der Waals surface area contributed by atoms with Crippen LogP contribution in [0.5, 0.6) is 5.75 Å². The van der Waals surface area contributed by atoms with Gasteiger partial charge in [0.2, 0.25) is 0 Å². The van der Waals surface area contributed by atoms with Gasteiger partial charge in [0.1, 0.15) is 5.75 Å². The Bertz CT molecular complexity index is 1580. The number of carboxylic acids is 1. The fraction of sp³-hybridized carbons (Fsp3) is 0.294. The number of hydrogen-bond acceptors (Lipinski definition) is 3. The van der Waals surface area contributed by atoms with Gasteiger partial charge in [-0.15, -0.1) is 6.58 Å². The smallest absolute Gasteiger partial charge is 0.344 e. The van der Waals surface area contributed by atoms with Crippen molar-refractivity contribution in [1.29, 1.82) is 0 Å². The lowest BCUT2D eigenvalue weighted by molar-refractivity contribution is -0.144. The average molecular weight is 539 g/mol. The number of nitrogens with one attached hydrogen (secondary N) is 1. The van der Waals surface area contributed by atoms with Gasteiger partial charge < -0.3 is 19.7 Å². The highest BCUT2D eigenvalue weighted by molar-refractivity contribution is 5.99. The molecule has 1 heterocycles. The minimum Gasteiger partial charge on any atom is -0.479 e. The number of hydrogen-bond donors (Lipinski definition) is 2. The number of carboxylic acid groups (broad SMARTS) is 1. The molecule has 0 radical (unpaired) electrons. The normalized spacial score (nSPS) is 12.8. The number of rotatable bonds is 10. The van der Waals surface area contributed by atoms with E-state index in [0.717, 1.165) is 38.9 Å². The maximum atomic E-state index is 13.3. The van der Waals surface area contributed by atoms with E-state index in [0.29, 0.717) is 23.8 Å². The molecule has 1 amide bonds. The summed E-state index contributed by atoms with van der Waals surface area (Å²) in [4.78, 5) is 24.5. The summed E-state index contributed by atoms with van der Waals surface area (Å²) in [6.45, 7) is 16.5. The fourth-order valence-electron chi connectivity index (χ4n) is 4.97. The first-order valence-corrected chi connectivity index (χ1v) is 13.6. The Kier molecular flexibility index (Phi) is 8.48. The number of carbonyl (C=O) groups is 2. The minimum absolute atomic E-state index is 0.145. The lowest BCUT2D eigenvalue weighted by Crippen LogP contribution is -2.27. The molecule has 4 rings (SSSR count). The Balaban J connectivity index is 1.57. The van der Waals surface area contributed by atoms with Gasteiger partial charge in [0.25, 0.3) is 5.91 Å². The average Bonchev–Trinajstić information content (AvgIpc) is 3.17. The van der Waals surface area contributed by atoms with Gasteiger partial charge in [0, 0.05) is 28.7 Å². The zero-order chi connectivity index (χ0) is 29.1. The number of aryl methyl sites for hydroxylation is 2. The number of benzene rings is 3. The van der Waals surface area contributed by atoms with Crippen LogP contribution >= 0.6 is 0 Å². The molecule has 1 aromatic heterocycles. The van der Waals surface area contributed by atoms with Gasteiger partial charge in [-0.3, -0.25) is 4.79 Å². The molecule has 2 atom stereocenters. The van der Waals surface area contributed by atoms with Crippen molar-refractivity contribution in [2.45, 2.75) is 66.2 Å². The summed E-state index contributed by atoms with van der Waals surface area (Å²) in [5.74, 6) is -0.182. The van der Waals surface area contributed by atoms with Crippen LogP contribution in [0.1, 0.15) is 76.6 Å². The number of amides is 1. The lowest BCUT2D eigenvalue weighted by Gasteiger charge is -2.17. The van der Waals surface area contributed by atoms with Crippen molar-refractivity contribution in [3.8, 4) is 5.75 Å². The molecule has 40 heavy (non-hydrogen) atoms. The summed E-state index contributed by atoms with van der Waals surface area (Å²) in [7, 11) is 0. The van der Waals surface area contributed by atoms with Crippen LogP contribution in [0.3, 0.4) is 0 Å². The van der Waals surface area contributed by atoms with E-state index >= 15 is 0 Å². The highest BCUT2D eigenvalue weighted by atomic mass is 16.5. The number of aromatic nitrogens is 1. The largest absolute Gasteiger partial charge is 0.479 e. The maximum absolute atomic E-state index is 13.3.